The molecule has 0 aliphatic carbocycles. The summed E-state index contributed by atoms with van der Waals surface area (Å²) in [6.45, 7) is 8.19. The molecule has 2 aromatic heterocycles. The third-order valence-electron chi connectivity index (χ3n) is 5.86. The van der Waals surface area contributed by atoms with Crippen molar-refractivity contribution < 1.29 is 18.4 Å². The van der Waals surface area contributed by atoms with E-state index in [0.29, 0.717) is 22.4 Å². The van der Waals surface area contributed by atoms with Crippen LogP contribution in [0, 0.1) is 6.92 Å². The van der Waals surface area contributed by atoms with E-state index in [1.807, 2.05) is 13.0 Å². The smallest absolute Gasteiger partial charge is 0.339 e. The predicted octanol–water partition coefficient (Wildman–Crippen LogP) is 4.82. The zero-order valence-corrected chi connectivity index (χ0v) is 19.1. The average Bonchev–Trinajstić information content (AvgIpc) is 3.16. The highest BCUT2D eigenvalue weighted by Crippen LogP contribution is 2.35. The summed E-state index contributed by atoms with van der Waals surface area (Å²) in [5.41, 5.74) is 8.75. The zero-order valence-electron chi connectivity index (χ0n) is 19.1. The molecule has 0 saturated carbocycles. The molecule has 2 heterocycles. The Kier molecular flexibility index (Phi) is 5.57. The number of amides is 2. The van der Waals surface area contributed by atoms with Crippen LogP contribution >= 0.6 is 0 Å². The Bertz CT molecular complexity index is 1450. The number of nitrogens with two attached hydrogens (primary N) is 1. The summed E-state index contributed by atoms with van der Waals surface area (Å²) in [5, 5.41) is 4.48. The summed E-state index contributed by atoms with van der Waals surface area (Å²) < 4.78 is 11.3. The molecule has 0 aliphatic heterocycles. The Hall–Kier alpha value is -3.87. The summed E-state index contributed by atoms with van der Waals surface area (Å²) in [6, 6.07) is 10.2. The summed E-state index contributed by atoms with van der Waals surface area (Å²) in [6.07, 6.45) is 1.99. The lowest BCUT2D eigenvalue weighted by molar-refractivity contribution is -0.116. The van der Waals surface area contributed by atoms with E-state index in [1.165, 1.54) is 0 Å². The van der Waals surface area contributed by atoms with Gasteiger partial charge in [-0.2, -0.15) is 0 Å². The van der Waals surface area contributed by atoms with Crippen molar-refractivity contribution in [1.29, 1.82) is 0 Å². The Morgan fingerprint density at radius 2 is 1.79 bits per heavy atom. The molecule has 4 rings (SSSR count). The van der Waals surface area contributed by atoms with Crippen molar-refractivity contribution in [3.8, 4) is 0 Å². The molecule has 33 heavy (non-hydrogen) atoms. The highest BCUT2D eigenvalue weighted by molar-refractivity contribution is 6.03. The number of aryl methyl sites for hydroxylation is 1. The fourth-order valence-electron chi connectivity index (χ4n) is 4.04. The van der Waals surface area contributed by atoms with Gasteiger partial charge in [0.1, 0.15) is 11.2 Å². The van der Waals surface area contributed by atoms with Crippen molar-refractivity contribution in [3.05, 3.63) is 75.3 Å². The molecule has 2 aromatic carbocycles. The minimum absolute atomic E-state index is 0.0470. The maximum Gasteiger partial charge on any atom is 0.339 e. The number of hydrogen-bond acceptors (Lipinski definition) is 5. The van der Waals surface area contributed by atoms with E-state index in [9.17, 15) is 14.4 Å². The molecule has 170 valence electrons. The Morgan fingerprint density at radius 3 is 2.48 bits per heavy atom. The molecule has 4 aromatic rings. The topological polar surface area (TPSA) is 116 Å². The highest BCUT2D eigenvalue weighted by Gasteiger charge is 2.22. The van der Waals surface area contributed by atoms with Gasteiger partial charge in [0.2, 0.25) is 5.91 Å². The number of carbonyl (C=O) groups excluding carboxylic acids is 2. The molecule has 7 nitrogen and oxygen atoms in total. The van der Waals surface area contributed by atoms with Gasteiger partial charge in [-0.15, -0.1) is 0 Å². The lowest BCUT2D eigenvalue weighted by Crippen LogP contribution is -2.19. The van der Waals surface area contributed by atoms with Gasteiger partial charge in [-0.25, -0.2) is 4.79 Å². The lowest BCUT2D eigenvalue weighted by atomic mass is 9.86. The van der Waals surface area contributed by atoms with E-state index in [0.717, 1.165) is 21.9 Å². The van der Waals surface area contributed by atoms with Gasteiger partial charge in [-0.1, -0.05) is 32.9 Å². The van der Waals surface area contributed by atoms with E-state index in [4.69, 9.17) is 14.6 Å². The van der Waals surface area contributed by atoms with Crippen molar-refractivity contribution in [2.45, 2.75) is 46.0 Å². The molecule has 0 aliphatic rings. The monoisotopic (exact) mass is 446 g/mol. The summed E-state index contributed by atoms with van der Waals surface area (Å²) in [4.78, 5) is 36.8. The van der Waals surface area contributed by atoms with Gasteiger partial charge in [0, 0.05) is 34.4 Å². The largest absolute Gasteiger partial charge is 0.464 e. The number of rotatable bonds is 5. The molecule has 2 amide bonds. The number of benzene rings is 2. The number of primary amides is 1. The van der Waals surface area contributed by atoms with Gasteiger partial charge in [0.25, 0.3) is 5.91 Å². The van der Waals surface area contributed by atoms with Crippen LogP contribution in [0.25, 0.3) is 21.9 Å². The van der Waals surface area contributed by atoms with Gasteiger partial charge < -0.3 is 19.9 Å². The fourth-order valence-corrected chi connectivity index (χ4v) is 4.04. The van der Waals surface area contributed by atoms with Gasteiger partial charge in [0.15, 0.2) is 0 Å². The average molecular weight is 447 g/mol. The number of hydrogen-bond donors (Lipinski definition) is 2. The third kappa shape index (κ3) is 4.26. The molecule has 0 radical (unpaired) electrons. The summed E-state index contributed by atoms with van der Waals surface area (Å²) in [5.74, 6) is -0.958. The number of para-hydroxylation sites is 1. The quantitative estimate of drug-likeness (QED) is 0.427. The zero-order chi connectivity index (χ0) is 23.9. The van der Waals surface area contributed by atoms with E-state index >= 15 is 0 Å². The van der Waals surface area contributed by atoms with Crippen LogP contribution in [0.5, 0.6) is 0 Å². The SMILES string of the molecule is Cc1c(CCC(=O)Nc2ccccc2C(N)=O)c(=O)oc2cc3occ(C(C)(C)C)c3cc12. The Morgan fingerprint density at radius 1 is 1.06 bits per heavy atom. The molecule has 0 saturated heterocycles. The van der Waals surface area contributed by atoms with Crippen molar-refractivity contribution in [2.75, 3.05) is 5.32 Å². The molecule has 0 fully saturated rings. The second-order valence-corrected chi connectivity index (χ2v) is 9.19. The van der Waals surface area contributed by atoms with E-state index < -0.39 is 11.5 Å². The number of anilines is 1. The minimum Gasteiger partial charge on any atom is -0.464 e. The highest BCUT2D eigenvalue weighted by atomic mass is 16.4. The Balaban J connectivity index is 1.64. The number of carbonyl (C=O) groups is 2. The molecule has 0 unspecified atom stereocenters. The van der Waals surface area contributed by atoms with E-state index in [1.54, 1.807) is 36.6 Å². The standard InChI is InChI=1S/C26H26N2O5/c1-14-15(9-10-23(29)28-20-8-6-5-7-16(20)24(27)30)25(31)33-22-12-21-18(11-17(14)22)19(13-32-21)26(2,3)4/h5-8,11-13H,9-10H2,1-4H3,(H2,27,30)(H,28,29). The fraction of sp³-hybridized carbons (Fsp3) is 0.269. The van der Waals surface area contributed by atoms with Gasteiger partial charge >= 0.3 is 5.63 Å². The number of nitrogens with one attached hydrogen (secondary N) is 1. The van der Waals surface area contributed by atoms with Gasteiger partial charge in [-0.3, -0.25) is 9.59 Å². The van der Waals surface area contributed by atoms with Crippen LogP contribution in [0.1, 0.15) is 54.2 Å². The minimum atomic E-state index is -0.628. The first kappa shape index (κ1) is 22.3. The molecule has 0 spiro atoms. The molecule has 0 atom stereocenters. The first-order valence-corrected chi connectivity index (χ1v) is 10.7. The number of furan rings is 1. The van der Waals surface area contributed by atoms with Crippen LogP contribution < -0.4 is 16.7 Å². The number of fused-ring (bicyclic) bond motifs is 2. The first-order valence-electron chi connectivity index (χ1n) is 10.7. The van der Waals surface area contributed by atoms with Crippen LogP contribution in [-0.2, 0) is 16.6 Å². The second kappa shape index (κ2) is 8.24. The van der Waals surface area contributed by atoms with Gasteiger partial charge in [-0.05, 0) is 42.5 Å². The van der Waals surface area contributed by atoms with Crippen LogP contribution in [0.3, 0.4) is 0 Å². The van der Waals surface area contributed by atoms with Crippen molar-refractivity contribution in [3.63, 3.8) is 0 Å². The van der Waals surface area contributed by atoms with Crippen molar-refractivity contribution in [1.82, 2.24) is 0 Å². The van der Waals surface area contributed by atoms with Crippen LogP contribution in [-0.4, -0.2) is 11.8 Å². The third-order valence-corrected chi connectivity index (χ3v) is 5.86. The Labute approximate surface area is 190 Å². The van der Waals surface area contributed by atoms with Crippen LogP contribution in [0.15, 0.2) is 56.3 Å². The van der Waals surface area contributed by atoms with E-state index in [-0.39, 0.29) is 29.7 Å². The van der Waals surface area contributed by atoms with Crippen LogP contribution in [0.2, 0.25) is 0 Å². The lowest BCUT2D eigenvalue weighted by Gasteiger charge is -2.16. The molecule has 3 N–H and O–H groups in total. The normalized spacial score (nSPS) is 11.8. The summed E-state index contributed by atoms with van der Waals surface area (Å²) >= 11 is 0. The van der Waals surface area contributed by atoms with E-state index in [2.05, 4.69) is 26.1 Å². The molecule has 7 heteroatoms. The first-order chi connectivity index (χ1) is 15.6. The molecular formula is C26H26N2O5. The van der Waals surface area contributed by atoms with Crippen molar-refractivity contribution >= 4 is 39.4 Å². The van der Waals surface area contributed by atoms with Crippen LogP contribution in [0.4, 0.5) is 5.69 Å². The van der Waals surface area contributed by atoms with Crippen molar-refractivity contribution in [2.24, 2.45) is 5.73 Å². The van der Waals surface area contributed by atoms with Gasteiger partial charge in [0.05, 0.1) is 17.5 Å². The maximum atomic E-state index is 12.7. The summed E-state index contributed by atoms with van der Waals surface area (Å²) in [7, 11) is 0. The maximum absolute atomic E-state index is 12.7. The second-order valence-electron chi connectivity index (χ2n) is 9.19. The molecule has 0 bridgehead atoms. The molecular weight excluding hydrogens is 420 g/mol. The predicted molar refractivity (Wildman–Crippen MR) is 128 cm³/mol.